The zero-order valence-corrected chi connectivity index (χ0v) is 21.3. The molecule has 0 amide bonds. The largest absolute Gasteiger partial charge is 0.476 e. The molecule has 0 spiro atoms. The number of nitrogens with zero attached hydrogens (tertiary/aromatic N) is 4. The van der Waals surface area contributed by atoms with E-state index in [1.54, 1.807) is 23.7 Å². The van der Waals surface area contributed by atoms with Gasteiger partial charge in [-0.05, 0) is 42.3 Å². The third kappa shape index (κ3) is 4.26. The summed E-state index contributed by atoms with van der Waals surface area (Å²) in [5.74, 6) is -0.613. The number of aromatic nitrogens is 3. The van der Waals surface area contributed by atoms with E-state index in [4.69, 9.17) is 16.6 Å². The lowest BCUT2D eigenvalue weighted by atomic mass is 10.0. The number of fused-ring (bicyclic) bond motifs is 2. The lowest BCUT2D eigenvalue weighted by Crippen LogP contribution is -2.28. The fourth-order valence-electron chi connectivity index (χ4n) is 4.47. The predicted molar refractivity (Wildman–Crippen MR) is 139 cm³/mol. The molecule has 0 saturated heterocycles. The molecule has 4 aromatic rings. The Morgan fingerprint density at radius 2 is 1.83 bits per heavy atom. The van der Waals surface area contributed by atoms with Crippen molar-refractivity contribution < 1.29 is 9.90 Å². The molecule has 1 aliphatic rings. The normalized spacial score (nSPS) is 13.7. The molecule has 5 rings (SSSR count). The van der Waals surface area contributed by atoms with Gasteiger partial charge in [0.25, 0.3) is 5.56 Å². The highest BCUT2D eigenvalue weighted by Gasteiger charge is 2.25. The third-order valence-electron chi connectivity index (χ3n) is 6.18. The number of anilines is 2. The first-order valence-corrected chi connectivity index (χ1v) is 12.1. The number of nitrogens with one attached hydrogen (secondary N) is 1. The lowest BCUT2D eigenvalue weighted by Gasteiger charge is -2.23. The Morgan fingerprint density at radius 3 is 2.49 bits per heavy atom. The molecule has 2 aromatic carbocycles. The summed E-state index contributed by atoms with van der Waals surface area (Å²) in [5, 5.41) is 13.3. The average molecular weight is 555 g/mol. The Labute approximate surface area is 214 Å². The zero-order chi connectivity index (χ0) is 24.9. The number of carbonyl (C=O) groups is 1. The van der Waals surface area contributed by atoms with Crippen molar-refractivity contribution in [1.82, 2.24) is 14.5 Å². The standard InChI is InChI=1S/C25H21BrClN5O3/c1-13(28-19-7-8-20(27)29-22(19)24(34)35)17-9-16(26)10-18-21(17)30-25(31(2)23(18)33)32-11-14-5-3-4-6-15(14)12-32/h3-10,13,28H,11-12H2,1-2H3,(H,34,35)/t13-/m1/s1. The van der Waals surface area contributed by atoms with E-state index in [9.17, 15) is 14.7 Å². The number of hydrogen-bond donors (Lipinski definition) is 2. The molecular formula is C25H21BrClN5O3. The average Bonchev–Trinajstić information content (AvgIpc) is 3.26. The second-order valence-electron chi connectivity index (χ2n) is 8.49. The number of carboxylic acids is 1. The van der Waals surface area contributed by atoms with Crippen molar-refractivity contribution in [2.45, 2.75) is 26.1 Å². The quantitative estimate of drug-likeness (QED) is 0.330. The van der Waals surface area contributed by atoms with Gasteiger partial charge in [0, 0.05) is 30.2 Å². The Bertz CT molecular complexity index is 1530. The molecule has 8 nitrogen and oxygen atoms in total. The van der Waals surface area contributed by atoms with Crippen molar-refractivity contribution in [2.75, 3.05) is 10.2 Å². The van der Waals surface area contributed by atoms with Crippen molar-refractivity contribution in [3.63, 3.8) is 0 Å². The van der Waals surface area contributed by atoms with Crippen LogP contribution in [-0.2, 0) is 20.1 Å². The van der Waals surface area contributed by atoms with E-state index < -0.39 is 5.97 Å². The summed E-state index contributed by atoms with van der Waals surface area (Å²) in [5.41, 5.74) is 3.71. The Kier molecular flexibility index (Phi) is 5.98. The molecular weight excluding hydrogens is 534 g/mol. The van der Waals surface area contributed by atoms with Gasteiger partial charge in [0.05, 0.1) is 22.6 Å². The van der Waals surface area contributed by atoms with Gasteiger partial charge in [0.1, 0.15) is 5.15 Å². The Hall–Kier alpha value is -3.43. The Balaban J connectivity index is 1.60. The first-order valence-electron chi connectivity index (χ1n) is 10.9. The van der Waals surface area contributed by atoms with E-state index in [1.165, 1.54) is 17.2 Å². The van der Waals surface area contributed by atoms with E-state index in [-0.39, 0.29) is 22.4 Å². The SMILES string of the molecule is C[C@@H](Nc1ccc(Cl)nc1C(=O)O)c1cc(Br)cc2c(=O)n(C)c(N3Cc4ccccc4C3)nc12. The number of rotatable bonds is 5. The number of aromatic carboxylic acids is 1. The van der Waals surface area contributed by atoms with Crippen LogP contribution < -0.4 is 15.8 Å². The molecule has 2 aromatic heterocycles. The number of pyridine rings is 1. The van der Waals surface area contributed by atoms with Crippen molar-refractivity contribution in [3.8, 4) is 0 Å². The van der Waals surface area contributed by atoms with Crippen LogP contribution >= 0.6 is 27.5 Å². The summed E-state index contributed by atoms with van der Waals surface area (Å²) < 4.78 is 2.30. The Morgan fingerprint density at radius 1 is 1.14 bits per heavy atom. The van der Waals surface area contributed by atoms with Crippen molar-refractivity contribution in [3.05, 3.63) is 90.9 Å². The second-order valence-corrected chi connectivity index (χ2v) is 9.80. The molecule has 0 aliphatic carbocycles. The number of benzene rings is 2. The number of halogens is 2. The van der Waals surface area contributed by atoms with Gasteiger partial charge in [-0.15, -0.1) is 0 Å². The molecule has 0 bridgehead atoms. The van der Waals surface area contributed by atoms with Crippen molar-refractivity contribution in [1.29, 1.82) is 0 Å². The number of hydrogen-bond acceptors (Lipinski definition) is 6. The van der Waals surface area contributed by atoms with Crippen LogP contribution in [0.25, 0.3) is 10.9 Å². The third-order valence-corrected chi connectivity index (χ3v) is 6.85. The summed E-state index contributed by atoms with van der Waals surface area (Å²) in [6.07, 6.45) is 0. The maximum Gasteiger partial charge on any atom is 0.356 e. The topological polar surface area (TPSA) is 100 Å². The minimum absolute atomic E-state index is 0.0925. The minimum atomic E-state index is -1.19. The van der Waals surface area contributed by atoms with Gasteiger partial charge in [0.15, 0.2) is 5.69 Å². The maximum absolute atomic E-state index is 13.4. The molecule has 35 heavy (non-hydrogen) atoms. The maximum atomic E-state index is 13.4. The molecule has 0 radical (unpaired) electrons. The molecule has 1 aliphatic heterocycles. The van der Waals surface area contributed by atoms with Crippen molar-refractivity contribution in [2.24, 2.45) is 7.05 Å². The van der Waals surface area contributed by atoms with Gasteiger partial charge in [-0.2, -0.15) is 0 Å². The molecule has 10 heteroatoms. The minimum Gasteiger partial charge on any atom is -0.476 e. The summed E-state index contributed by atoms with van der Waals surface area (Å²) in [7, 11) is 1.73. The highest BCUT2D eigenvalue weighted by molar-refractivity contribution is 9.10. The second kappa shape index (κ2) is 8.98. The van der Waals surface area contributed by atoms with Crippen LogP contribution in [0.15, 0.2) is 57.8 Å². The van der Waals surface area contributed by atoms with E-state index in [0.29, 0.717) is 35.6 Å². The number of carboxylic acid groups (broad SMARTS) is 1. The molecule has 0 saturated carbocycles. The molecule has 0 fully saturated rings. The molecule has 2 N–H and O–H groups in total. The first-order chi connectivity index (χ1) is 16.7. The molecule has 178 valence electrons. The summed E-state index contributed by atoms with van der Waals surface area (Å²) >= 11 is 9.41. The van der Waals surface area contributed by atoms with Gasteiger partial charge in [-0.3, -0.25) is 9.36 Å². The van der Waals surface area contributed by atoms with Crippen LogP contribution in [0.3, 0.4) is 0 Å². The van der Waals surface area contributed by atoms with Gasteiger partial charge in [-0.25, -0.2) is 14.8 Å². The van der Waals surface area contributed by atoms with Crippen LogP contribution in [0, 0.1) is 0 Å². The van der Waals surface area contributed by atoms with Gasteiger partial charge >= 0.3 is 5.97 Å². The van der Waals surface area contributed by atoms with Gasteiger partial charge in [0.2, 0.25) is 5.95 Å². The van der Waals surface area contributed by atoms with Crippen LogP contribution in [0.1, 0.15) is 40.1 Å². The molecule has 3 heterocycles. The predicted octanol–water partition coefficient (Wildman–Crippen LogP) is 5.14. The highest BCUT2D eigenvalue weighted by Crippen LogP contribution is 2.32. The smallest absolute Gasteiger partial charge is 0.356 e. The van der Waals surface area contributed by atoms with E-state index in [2.05, 4.69) is 43.3 Å². The molecule has 0 unspecified atom stereocenters. The molecule has 1 atom stereocenters. The van der Waals surface area contributed by atoms with Crippen LogP contribution in [0.5, 0.6) is 0 Å². The van der Waals surface area contributed by atoms with Crippen LogP contribution in [0.4, 0.5) is 11.6 Å². The van der Waals surface area contributed by atoms with E-state index in [0.717, 1.165) is 10.0 Å². The van der Waals surface area contributed by atoms with E-state index >= 15 is 0 Å². The lowest BCUT2D eigenvalue weighted by molar-refractivity contribution is 0.0691. The van der Waals surface area contributed by atoms with Gasteiger partial charge < -0.3 is 15.3 Å². The van der Waals surface area contributed by atoms with Crippen LogP contribution in [0.2, 0.25) is 5.15 Å². The summed E-state index contributed by atoms with van der Waals surface area (Å²) in [6, 6.07) is 14.6. The fourth-order valence-corrected chi connectivity index (χ4v) is 5.09. The summed E-state index contributed by atoms with van der Waals surface area (Å²) in [6.45, 7) is 3.21. The first kappa shape index (κ1) is 23.3. The monoisotopic (exact) mass is 553 g/mol. The van der Waals surface area contributed by atoms with Crippen molar-refractivity contribution >= 4 is 56.0 Å². The van der Waals surface area contributed by atoms with Gasteiger partial charge in [-0.1, -0.05) is 51.8 Å². The van der Waals surface area contributed by atoms with E-state index in [1.807, 2.05) is 25.1 Å². The summed E-state index contributed by atoms with van der Waals surface area (Å²) in [4.78, 5) is 36.1. The van der Waals surface area contributed by atoms with Crippen LogP contribution in [-0.4, -0.2) is 25.6 Å². The fraction of sp³-hybridized carbons (Fsp3) is 0.200. The zero-order valence-electron chi connectivity index (χ0n) is 18.9. The highest BCUT2D eigenvalue weighted by atomic mass is 79.9.